The lowest BCUT2D eigenvalue weighted by atomic mass is 10.0. The minimum atomic E-state index is 0.0168. The van der Waals surface area contributed by atoms with Gasteiger partial charge in [-0.3, -0.25) is 0 Å². The van der Waals surface area contributed by atoms with E-state index in [1.165, 1.54) is 11.3 Å². The fourth-order valence-electron chi connectivity index (χ4n) is 1.73. The molecule has 0 atom stereocenters. The molecule has 0 aliphatic carbocycles. The second kappa shape index (κ2) is 4.55. The van der Waals surface area contributed by atoms with E-state index in [0.717, 1.165) is 22.4 Å². The third kappa shape index (κ3) is 2.10. The van der Waals surface area contributed by atoms with Gasteiger partial charge in [0.25, 0.3) is 0 Å². The molecule has 5 heteroatoms. The summed E-state index contributed by atoms with van der Waals surface area (Å²) < 4.78 is 5.35. The Morgan fingerprint density at radius 1 is 1.41 bits per heavy atom. The van der Waals surface area contributed by atoms with Crippen molar-refractivity contribution >= 4 is 22.9 Å². The molecule has 3 nitrogen and oxygen atoms in total. The van der Waals surface area contributed by atoms with E-state index in [1.807, 2.05) is 19.9 Å². The van der Waals surface area contributed by atoms with Gasteiger partial charge >= 0.3 is 0 Å². The van der Waals surface area contributed by atoms with Gasteiger partial charge in [-0.15, -0.1) is 11.3 Å². The van der Waals surface area contributed by atoms with Gasteiger partial charge in [0.1, 0.15) is 10.8 Å². The lowest BCUT2D eigenvalue weighted by molar-refractivity contribution is 0.415. The van der Waals surface area contributed by atoms with E-state index in [4.69, 9.17) is 16.3 Å². The van der Waals surface area contributed by atoms with Crippen molar-refractivity contribution < 1.29 is 9.84 Å². The smallest absolute Gasteiger partial charge is 0.222 e. The summed E-state index contributed by atoms with van der Waals surface area (Å²) in [7, 11) is 1.61. The Balaban J connectivity index is 2.71. The molecule has 17 heavy (non-hydrogen) atoms. The second-order valence-electron chi connectivity index (χ2n) is 3.72. The average molecular weight is 270 g/mol. The Hall–Kier alpha value is -1.26. The number of nitrogens with zero attached hydrogens (tertiary/aromatic N) is 1. The topological polar surface area (TPSA) is 42.4 Å². The number of hydrogen-bond acceptors (Lipinski definition) is 4. The first-order chi connectivity index (χ1) is 8.04. The zero-order valence-electron chi connectivity index (χ0n) is 9.74. The summed E-state index contributed by atoms with van der Waals surface area (Å²) in [6.45, 7) is 3.85. The molecule has 90 valence electrons. The normalized spacial score (nSPS) is 10.6. The van der Waals surface area contributed by atoms with Crippen LogP contribution in [0.4, 0.5) is 0 Å². The number of aromatic hydroxyl groups is 1. The Morgan fingerprint density at radius 2 is 2.12 bits per heavy atom. The standard InChI is InChI=1S/C12H12ClNO2S/c1-6-4-8(16-3)10(7(2)11(6)13)12-14-9(15)5-17-12/h4-5,15H,1-3H3. The highest BCUT2D eigenvalue weighted by atomic mass is 35.5. The van der Waals surface area contributed by atoms with Crippen LogP contribution in [0.15, 0.2) is 11.4 Å². The molecule has 1 N–H and O–H groups in total. The van der Waals surface area contributed by atoms with E-state index in [2.05, 4.69) is 4.98 Å². The Kier molecular flexibility index (Phi) is 3.26. The number of methoxy groups -OCH3 is 1. The Morgan fingerprint density at radius 3 is 2.65 bits per heavy atom. The van der Waals surface area contributed by atoms with Crippen molar-refractivity contribution in [2.75, 3.05) is 7.11 Å². The summed E-state index contributed by atoms with van der Waals surface area (Å²) in [5, 5.41) is 12.3. The molecule has 0 bridgehead atoms. The molecule has 0 saturated heterocycles. The molecule has 0 saturated carbocycles. The average Bonchev–Trinajstić information content (AvgIpc) is 2.71. The summed E-state index contributed by atoms with van der Waals surface area (Å²) in [4.78, 5) is 4.06. The number of halogens is 1. The number of aryl methyl sites for hydroxylation is 1. The van der Waals surface area contributed by atoms with Crippen LogP contribution in [-0.4, -0.2) is 17.2 Å². The van der Waals surface area contributed by atoms with E-state index in [9.17, 15) is 5.11 Å². The van der Waals surface area contributed by atoms with Crippen molar-refractivity contribution in [2.24, 2.45) is 0 Å². The van der Waals surface area contributed by atoms with Gasteiger partial charge in [-0.25, -0.2) is 4.98 Å². The predicted octanol–water partition coefficient (Wildman–Crippen LogP) is 3.79. The SMILES string of the molecule is COc1cc(C)c(Cl)c(C)c1-c1nc(O)cs1. The van der Waals surface area contributed by atoms with Gasteiger partial charge in [0.2, 0.25) is 5.88 Å². The highest BCUT2D eigenvalue weighted by molar-refractivity contribution is 7.13. The van der Waals surface area contributed by atoms with Gasteiger partial charge in [-0.2, -0.15) is 0 Å². The van der Waals surface area contributed by atoms with Crippen molar-refractivity contribution in [2.45, 2.75) is 13.8 Å². The molecule has 2 rings (SSSR count). The van der Waals surface area contributed by atoms with Crippen molar-refractivity contribution in [3.63, 3.8) is 0 Å². The first-order valence-electron chi connectivity index (χ1n) is 5.03. The first kappa shape index (κ1) is 12.2. The molecule has 0 unspecified atom stereocenters. The van der Waals surface area contributed by atoms with Crippen LogP contribution < -0.4 is 4.74 Å². The monoisotopic (exact) mass is 269 g/mol. The predicted molar refractivity (Wildman–Crippen MR) is 70.3 cm³/mol. The molecule has 1 aromatic heterocycles. The van der Waals surface area contributed by atoms with E-state index in [1.54, 1.807) is 12.5 Å². The van der Waals surface area contributed by atoms with Crippen LogP contribution in [0.5, 0.6) is 11.6 Å². The van der Waals surface area contributed by atoms with Crippen LogP contribution in [-0.2, 0) is 0 Å². The zero-order chi connectivity index (χ0) is 12.6. The van der Waals surface area contributed by atoms with E-state index >= 15 is 0 Å². The molecule has 0 radical (unpaired) electrons. The van der Waals surface area contributed by atoms with Crippen LogP contribution in [0.3, 0.4) is 0 Å². The van der Waals surface area contributed by atoms with Gasteiger partial charge in [-0.05, 0) is 31.0 Å². The molecule has 2 aromatic rings. The molecule has 0 fully saturated rings. The lowest BCUT2D eigenvalue weighted by Gasteiger charge is -2.13. The maximum Gasteiger partial charge on any atom is 0.222 e. The molecule has 1 heterocycles. The maximum atomic E-state index is 9.32. The van der Waals surface area contributed by atoms with Crippen LogP contribution in [0.1, 0.15) is 11.1 Å². The van der Waals surface area contributed by atoms with E-state index in [-0.39, 0.29) is 5.88 Å². The van der Waals surface area contributed by atoms with Gasteiger partial charge < -0.3 is 9.84 Å². The number of hydrogen-bond donors (Lipinski definition) is 1. The first-order valence-corrected chi connectivity index (χ1v) is 6.29. The largest absolute Gasteiger partial charge is 0.496 e. The van der Waals surface area contributed by atoms with Crippen LogP contribution >= 0.6 is 22.9 Å². The number of thiazole rings is 1. The third-order valence-corrected chi connectivity index (χ3v) is 4.00. The number of benzene rings is 1. The number of rotatable bonds is 2. The van der Waals surface area contributed by atoms with Crippen molar-refractivity contribution in [3.05, 3.63) is 27.6 Å². The minimum Gasteiger partial charge on any atom is -0.496 e. The van der Waals surface area contributed by atoms with Crippen LogP contribution in [0.2, 0.25) is 5.02 Å². The highest BCUT2D eigenvalue weighted by Gasteiger charge is 2.17. The Labute approximate surface area is 109 Å². The fraction of sp³-hybridized carbons (Fsp3) is 0.250. The van der Waals surface area contributed by atoms with E-state index < -0.39 is 0 Å². The van der Waals surface area contributed by atoms with E-state index in [0.29, 0.717) is 10.0 Å². The molecule has 0 amide bonds. The van der Waals surface area contributed by atoms with Gasteiger partial charge in [0, 0.05) is 5.02 Å². The molecular formula is C12H12ClNO2S. The fourth-order valence-corrected chi connectivity index (χ4v) is 2.67. The maximum absolute atomic E-state index is 9.32. The molecular weight excluding hydrogens is 258 g/mol. The zero-order valence-corrected chi connectivity index (χ0v) is 11.3. The molecule has 1 aromatic carbocycles. The second-order valence-corrected chi connectivity index (χ2v) is 4.96. The third-order valence-electron chi connectivity index (χ3n) is 2.57. The summed E-state index contributed by atoms with van der Waals surface area (Å²) in [5.74, 6) is 0.738. The van der Waals surface area contributed by atoms with Gasteiger partial charge in [-0.1, -0.05) is 11.6 Å². The number of aromatic nitrogens is 1. The summed E-state index contributed by atoms with van der Waals surface area (Å²) in [6, 6.07) is 1.88. The van der Waals surface area contributed by atoms with Gasteiger partial charge in [0.15, 0.2) is 0 Å². The lowest BCUT2D eigenvalue weighted by Crippen LogP contribution is -1.94. The quantitative estimate of drug-likeness (QED) is 0.902. The summed E-state index contributed by atoms with van der Waals surface area (Å²) in [5.41, 5.74) is 2.72. The van der Waals surface area contributed by atoms with Crippen LogP contribution in [0.25, 0.3) is 10.6 Å². The summed E-state index contributed by atoms with van der Waals surface area (Å²) >= 11 is 7.59. The molecule has 0 spiro atoms. The van der Waals surface area contributed by atoms with Gasteiger partial charge in [0.05, 0.1) is 18.1 Å². The minimum absolute atomic E-state index is 0.0168. The number of ether oxygens (including phenoxy) is 1. The van der Waals surface area contributed by atoms with Crippen molar-refractivity contribution in [3.8, 4) is 22.2 Å². The van der Waals surface area contributed by atoms with Crippen molar-refractivity contribution in [1.29, 1.82) is 0 Å². The molecule has 0 aliphatic rings. The summed E-state index contributed by atoms with van der Waals surface area (Å²) in [6.07, 6.45) is 0. The molecule has 0 aliphatic heterocycles. The highest BCUT2D eigenvalue weighted by Crippen LogP contribution is 2.40. The Bertz CT molecular complexity index is 566. The van der Waals surface area contributed by atoms with Crippen molar-refractivity contribution in [1.82, 2.24) is 4.98 Å². The van der Waals surface area contributed by atoms with Crippen LogP contribution in [0, 0.1) is 13.8 Å².